The molecule has 0 aliphatic carbocycles. The molecule has 0 heterocycles. The van der Waals surface area contributed by atoms with E-state index in [1.807, 2.05) is 0 Å². The van der Waals surface area contributed by atoms with Gasteiger partial charge in [-0.3, -0.25) is 0 Å². The highest BCUT2D eigenvalue weighted by atomic mass is 35.5. The third kappa shape index (κ3) is 2.35. The molecular weight excluding hydrogens is 209 g/mol. The van der Waals surface area contributed by atoms with Crippen LogP contribution in [0.1, 0.15) is 18.5 Å². The van der Waals surface area contributed by atoms with Crippen LogP contribution in [0.4, 0.5) is 0 Å². The zero-order valence-corrected chi connectivity index (χ0v) is 8.68. The van der Waals surface area contributed by atoms with Crippen LogP contribution >= 0.6 is 23.2 Å². The number of rotatable bonds is 2. The van der Waals surface area contributed by atoms with Crippen molar-refractivity contribution >= 4 is 23.2 Å². The summed E-state index contributed by atoms with van der Waals surface area (Å²) in [5.74, 6) is 0. The van der Waals surface area contributed by atoms with Crippen molar-refractivity contribution in [3.05, 3.63) is 33.8 Å². The van der Waals surface area contributed by atoms with Crippen LogP contribution in [-0.2, 0) is 0 Å². The molecule has 13 heavy (non-hydrogen) atoms. The molecular formula is C9H11Cl2NO. The van der Waals surface area contributed by atoms with Crippen molar-refractivity contribution in [2.45, 2.75) is 19.1 Å². The molecule has 0 radical (unpaired) electrons. The molecule has 0 saturated carbocycles. The number of nitrogens with two attached hydrogens (primary N) is 1. The van der Waals surface area contributed by atoms with Crippen molar-refractivity contribution < 1.29 is 5.11 Å². The molecule has 0 spiro atoms. The number of aliphatic hydroxyl groups excluding tert-OH is 1. The Labute approximate surface area is 87.3 Å². The Kier molecular flexibility index (Phi) is 3.56. The predicted octanol–water partition coefficient (Wildman–Crippen LogP) is 2.37. The van der Waals surface area contributed by atoms with Gasteiger partial charge in [0, 0.05) is 0 Å². The largest absolute Gasteiger partial charge is 0.391 e. The van der Waals surface area contributed by atoms with Crippen molar-refractivity contribution in [2.24, 2.45) is 5.73 Å². The Morgan fingerprint density at radius 1 is 1.38 bits per heavy atom. The summed E-state index contributed by atoms with van der Waals surface area (Å²) in [6.07, 6.45) is -0.643. The highest BCUT2D eigenvalue weighted by Gasteiger charge is 2.16. The normalized spacial score (nSPS) is 15.5. The molecule has 0 aliphatic heterocycles. The summed E-state index contributed by atoms with van der Waals surface area (Å²) >= 11 is 11.7. The van der Waals surface area contributed by atoms with Crippen LogP contribution < -0.4 is 5.73 Å². The first-order chi connectivity index (χ1) is 6.04. The van der Waals surface area contributed by atoms with Crippen LogP contribution in [0.3, 0.4) is 0 Å². The first kappa shape index (κ1) is 10.8. The molecule has 2 atom stereocenters. The third-order valence-corrected chi connectivity index (χ3v) is 2.69. The molecule has 2 nitrogen and oxygen atoms in total. The maximum absolute atomic E-state index is 9.26. The van der Waals surface area contributed by atoms with E-state index in [1.54, 1.807) is 25.1 Å². The minimum atomic E-state index is -0.643. The van der Waals surface area contributed by atoms with Gasteiger partial charge in [-0.2, -0.15) is 0 Å². The van der Waals surface area contributed by atoms with Crippen LogP contribution in [-0.4, -0.2) is 11.2 Å². The number of aliphatic hydroxyl groups is 1. The maximum Gasteiger partial charge on any atom is 0.0705 e. The Balaban J connectivity index is 3.07. The summed E-state index contributed by atoms with van der Waals surface area (Å²) in [5, 5.41) is 10.1. The van der Waals surface area contributed by atoms with E-state index in [0.29, 0.717) is 15.6 Å². The first-order valence-electron chi connectivity index (χ1n) is 3.91. The molecule has 0 saturated heterocycles. The van der Waals surface area contributed by atoms with Gasteiger partial charge in [-0.05, 0) is 18.6 Å². The molecule has 0 aliphatic rings. The quantitative estimate of drug-likeness (QED) is 0.803. The Bertz CT molecular complexity index is 302. The lowest BCUT2D eigenvalue weighted by atomic mass is 10.0. The standard InChI is InChI=1S/C9H11Cl2NO/c1-5(13)9(12)6-3-2-4-7(10)8(6)11/h2-5,9,13H,12H2,1H3/t5?,9-/m0/s1. The highest BCUT2D eigenvalue weighted by molar-refractivity contribution is 6.42. The Morgan fingerprint density at radius 2 is 2.00 bits per heavy atom. The number of hydrogen-bond donors (Lipinski definition) is 2. The second-order valence-corrected chi connectivity index (χ2v) is 3.69. The molecule has 0 amide bonds. The average Bonchev–Trinajstić information content (AvgIpc) is 2.08. The lowest BCUT2D eigenvalue weighted by Gasteiger charge is -2.16. The van der Waals surface area contributed by atoms with Gasteiger partial charge in [-0.15, -0.1) is 0 Å². The first-order valence-corrected chi connectivity index (χ1v) is 4.67. The van der Waals surface area contributed by atoms with E-state index in [0.717, 1.165) is 0 Å². The zero-order chi connectivity index (χ0) is 10.0. The highest BCUT2D eigenvalue weighted by Crippen LogP contribution is 2.29. The molecule has 1 aromatic carbocycles. The van der Waals surface area contributed by atoms with Crippen molar-refractivity contribution in [3.63, 3.8) is 0 Å². The van der Waals surface area contributed by atoms with Crippen molar-refractivity contribution in [1.82, 2.24) is 0 Å². The predicted molar refractivity (Wildman–Crippen MR) is 55.1 cm³/mol. The molecule has 1 unspecified atom stereocenters. The fourth-order valence-electron chi connectivity index (χ4n) is 1.04. The number of hydrogen-bond acceptors (Lipinski definition) is 2. The van der Waals surface area contributed by atoms with Crippen LogP contribution in [0.5, 0.6) is 0 Å². The SMILES string of the molecule is CC(O)[C@H](N)c1cccc(Cl)c1Cl. The fourth-order valence-corrected chi connectivity index (χ4v) is 1.47. The van der Waals surface area contributed by atoms with Gasteiger partial charge in [-0.25, -0.2) is 0 Å². The van der Waals surface area contributed by atoms with Crippen LogP contribution in [0.2, 0.25) is 10.0 Å². The molecule has 0 bridgehead atoms. The van der Waals surface area contributed by atoms with E-state index in [9.17, 15) is 5.11 Å². The summed E-state index contributed by atoms with van der Waals surface area (Å²) in [5.41, 5.74) is 6.38. The van der Waals surface area contributed by atoms with Gasteiger partial charge in [0.2, 0.25) is 0 Å². The summed E-state index contributed by atoms with van der Waals surface area (Å²) in [4.78, 5) is 0. The third-order valence-electron chi connectivity index (χ3n) is 1.86. The van der Waals surface area contributed by atoms with Crippen LogP contribution in [0.15, 0.2) is 18.2 Å². The van der Waals surface area contributed by atoms with Crippen molar-refractivity contribution in [3.8, 4) is 0 Å². The van der Waals surface area contributed by atoms with Gasteiger partial charge >= 0.3 is 0 Å². The lowest BCUT2D eigenvalue weighted by molar-refractivity contribution is 0.164. The topological polar surface area (TPSA) is 46.2 Å². The summed E-state index contributed by atoms with van der Waals surface area (Å²) < 4.78 is 0. The lowest BCUT2D eigenvalue weighted by Crippen LogP contribution is -2.23. The second-order valence-electron chi connectivity index (χ2n) is 2.91. The molecule has 0 aromatic heterocycles. The minimum absolute atomic E-state index is 0.414. The number of halogens is 2. The fraction of sp³-hybridized carbons (Fsp3) is 0.333. The molecule has 1 aromatic rings. The Hall–Kier alpha value is -0.280. The van der Waals surface area contributed by atoms with Gasteiger partial charge in [0.1, 0.15) is 0 Å². The van der Waals surface area contributed by atoms with Crippen molar-refractivity contribution in [2.75, 3.05) is 0 Å². The average molecular weight is 220 g/mol. The van der Waals surface area contributed by atoms with E-state index in [1.165, 1.54) is 0 Å². The summed E-state index contributed by atoms with van der Waals surface area (Å²) in [7, 11) is 0. The van der Waals surface area contributed by atoms with Gasteiger partial charge in [-0.1, -0.05) is 35.3 Å². The summed E-state index contributed by atoms with van der Waals surface area (Å²) in [6, 6.07) is 4.70. The molecule has 3 N–H and O–H groups in total. The number of benzene rings is 1. The molecule has 4 heteroatoms. The van der Waals surface area contributed by atoms with E-state index in [2.05, 4.69) is 0 Å². The van der Waals surface area contributed by atoms with E-state index in [4.69, 9.17) is 28.9 Å². The molecule has 1 rings (SSSR count). The van der Waals surface area contributed by atoms with E-state index in [-0.39, 0.29) is 0 Å². The Morgan fingerprint density at radius 3 is 2.54 bits per heavy atom. The second kappa shape index (κ2) is 4.29. The smallest absolute Gasteiger partial charge is 0.0705 e. The zero-order valence-electron chi connectivity index (χ0n) is 7.17. The van der Waals surface area contributed by atoms with E-state index < -0.39 is 12.1 Å². The monoisotopic (exact) mass is 219 g/mol. The summed E-state index contributed by atoms with van der Waals surface area (Å²) in [6.45, 7) is 1.61. The van der Waals surface area contributed by atoms with Crippen molar-refractivity contribution in [1.29, 1.82) is 0 Å². The van der Waals surface area contributed by atoms with Gasteiger partial charge < -0.3 is 10.8 Å². The van der Waals surface area contributed by atoms with Gasteiger partial charge in [0.25, 0.3) is 0 Å². The van der Waals surface area contributed by atoms with Crippen LogP contribution in [0, 0.1) is 0 Å². The molecule has 72 valence electrons. The maximum atomic E-state index is 9.26. The van der Waals surface area contributed by atoms with E-state index >= 15 is 0 Å². The molecule has 0 fully saturated rings. The van der Waals surface area contributed by atoms with Crippen LogP contribution in [0.25, 0.3) is 0 Å². The van der Waals surface area contributed by atoms with Gasteiger partial charge in [0.15, 0.2) is 0 Å². The minimum Gasteiger partial charge on any atom is -0.391 e. The van der Waals surface area contributed by atoms with Gasteiger partial charge in [0.05, 0.1) is 22.2 Å².